The molecule has 184 valence electrons. The van der Waals surface area contributed by atoms with Crippen LogP contribution in [0.4, 0.5) is 25.8 Å². The summed E-state index contributed by atoms with van der Waals surface area (Å²) in [6.07, 6.45) is 1.34. The average molecular weight is 484 g/mol. The van der Waals surface area contributed by atoms with Crippen LogP contribution in [-0.2, 0) is 4.79 Å². The number of hydrogen-bond donors (Lipinski definition) is 4. The largest absolute Gasteiger partial charge is 0.387 e. The highest BCUT2D eigenvalue weighted by Crippen LogP contribution is 2.26. The predicted molar refractivity (Wildman–Crippen MR) is 132 cm³/mol. The number of H-pyrrole nitrogens is 1. The molecular weight excluding hydrogens is 456 g/mol. The van der Waals surface area contributed by atoms with E-state index in [4.69, 9.17) is 10.5 Å². The number of rotatable bonds is 6. The highest BCUT2D eigenvalue weighted by Gasteiger charge is 2.21. The monoisotopic (exact) mass is 483 g/mol. The average Bonchev–Trinajstić information content (AvgIpc) is 2.86. The van der Waals surface area contributed by atoms with Gasteiger partial charge in [0.1, 0.15) is 23.9 Å². The van der Waals surface area contributed by atoms with Crippen molar-refractivity contribution in [1.82, 2.24) is 9.88 Å². The first-order valence-corrected chi connectivity index (χ1v) is 10.6. The number of halogens is 2. The van der Waals surface area contributed by atoms with Crippen molar-refractivity contribution in [1.29, 1.82) is 5.41 Å². The Balaban J connectivity index is 0.00000342. The number of carbonyl (C=O) groups is 1. The Morgan fingerprint density at radius 1 is 1.03 bits per heavy atom. The molecule has 1 fully saturated rings. The van der Waals surface area contributed by atoms with Crippen LogP contribution >= 0.6 is 0 Å². The lowest BCUT2D eigenvalue weighted by molar-refractivity contribution is -0.134. The number of anilines is 3. The minimum absolute atomic E-state index is 0. The number of nitrogens with zero attached hydrogens (tertiary/aromatic N) is 2. The standard InChI is InChI=1S/C24H23F2N5O3.CH4/c25-17-2-1-3-18(26)23(17)29-19-8-9-28-24(34)21(19)22(27)15-4-6-16(7-5-15)30-10-12-31(13-11-30)20(33)14-32;/h1-9,27,32H,10-14H2,(H2,28,29,34);1H4. The number of piperazine rings is 1. The van der Waals surface area contributed by atoms with E-state index in [0.717, 1.165) is 17.8 Å². The summed E-state index contributed by atoms with van der Waals surface area (Å²) >= 11 is 0. The maximum atomic E-state index is 14.1. The minimum atomic E-state index is -0.817. The van der Waals surface area contributed by atoms with E-state index in [2.05, 4.69) is 15.2 Å². The number of aromatic amines is 1. The minimum Gasteiger partial charge on any atom is -0.387 e. The first kappa shape index (κ1) is 25.6. The summed E-state index contributed by atoms with van der Waals surface area (Å²) in [6, 6.07) is 11.9. The molecule has 8 nitrogen and oxygen atoms in total. The molecule has 4 N–H and O–H groups in total. The van der Waals surface area contributed by atoms with Gasteiger partial charge in [-0.25, -0.2) is 8.78 Å². The zero-order valence-electron chi connectivity index (χ0n) is 18.1. The van der Waals surface area contributed by atoms with E-state index in [1.165, 1.54) is 18.3 Å². The molecular formula is C25H27F2N5O3. The molecule has 4 rings (SSSR count). The molecule has 1 aromatic heterocycles. The van der Waals surface area contributed by atoms with E-state index < -0.39 is 29.5 Å². The Morgan fingerprint density at radius 3 is 2.26 bits per heavy atom. The maximum Gasteiger partial charge on any atom is 0.259 e. The Kier molecular flexibility index (Phi) is 7.98. The molecule has 0 saturated carbocycles. The first-order chi connectivity index (χ1) is 16.4. The third-order valence-corrected chi connectivity index (χ3v) is 5.72. The molecule has 0 spiro atoms. The smallest absolute Gasteiger partial charge is 0.259 e. The van der Waals surface area contributed by atoms with E-state index >= 15 is 0 Å². The van der Waals surface area contributed by atoms with Gasteiger partial charge in [0.15, 0.2) is 0 Å². The summed E-state index contributed by atoms with van der Waals surface area (Å²) in [7, 11) is 0. The van der Waals surface area contributed by atoms with Crippen LogP contribution in [0.3, 0.4) is 0 Å². The molecule has 0 bridgehead atoms. The topological polar surface area (TPSA) is 113 Å². The SMILES string of the molecule is C.N=C(c1ccc(N2CCN(C(=O)CO)CC2)cc1)c1c(Nc2c(F)cccc2F)cc[nH]c1=O. The maximum absolute atomic E-state index is 14.1. The van der Waals surface area contributed by atoms with Crippen LogP contribution < -0.4 is 15.8 Å². The first-order valence-electron chi connectivity index (χ1n) is 10.6. The number of amides is 1. The molecule has 1 saturated heterocycles. The van der Waals surface area contributed by atoms with Crippen LogP contribution in [0.25, 0.3) is 0 Å². The lowest BCUT2D eigenvalue weighted by Gasteiger charge is -2.36. The molecule has 2 heterocycles. The number of aromatic nitrogens is 1. The Labute approximate surface area is 201 Å². The molecule has 35 heavy (non-hydrogen) atoms. The van der Waals surface area contributed by atoms with Crippen molar-refractivity contribution >= 4 is 28.7 Å². The number of para-hydroxylation sites is 1. The van der Waals surface area contributed by atoms with Gasteiger partial charge in [-0.1, -0.05) is 25.6 Å². The van der Waals surface area contributed by atoms with Crippen molar-refractivity contribution in [2.45, 2.75) is 7.43 Å². The fourth-order valence-electron chi connectivity index (χ4n) is 3.88. The van der Waals surface area contributed by atoms with Gasteiger partial charge >= 0.3 is 0 Å². The number of benzene rings is 2. The van der Waals surface area contributed by atoms with Gasteiger partial charge in [0.05, 0.1) is 17.0 Å². The van der Waals surface area contributed by atoms with E-state index in [1.807, 2.05) is 12.1 Å². The number of hydrogen-bond acceptors (Lipinski definition) is 6. The van der Waals surface area contributed by atoms with Crippen LogP contribution in [0, 0.1) is 17.0 Å². The lowest BCUT2D eigenvalue weighted by Crippen LogP contribution is -2.49. The second-order valence-corrected chi connectivity index (χ2v) is 7.76. The van der Waals surface area contributed by atoms with Crippen molar-refractivity contribution in [3.63, 3.8) is 0 Å². The highest BCUT2D eigenvalue weighted by molar-refractivity contribution is 6.14. The molecule has 3 aromatic rings. The summed E-state index contributed by atoms with van der Waals surface area (Å²) in [6.45, 7) is 1.69. The van der Waals surface area contributed by atoms with Crippen LogP contribution in [0.2, 0.25) is 0 Å². The third-order valence-electron chi connectivity index (χ3n) is 5.72. The summed E-state index contributed by atoms with van der Waals surface area (Å²) in [4.78, 5) is 30.4. The molecule has 1 amide bonds. The van der Waals surface area contributed by atoms with Gasteiger partial charge in [-0.3, -0.25) is 15.0 Å². The normalized spacial score (nSPS) is 13.2. The summed E-state index contributed by atoms with van der Waals surface area (Å²) in [5.41, 5.74) is 0.316. The molecule has 10 heteroatoms. The van der Waals surface area contributed by atoms with Crippen molar-refractivity contribution in [2.75, 3.05) is 43.0 Å². The number of aliphatic hydroxyl groups is 1. The van der Waals surface area contributed by atoms with Crippen molar-refractivity contribution in [2.24, 2.45) is 0 Å². The van der Waals surface area contributed by atoms with Gasteiger partial charge in [0.2, 0.25) is 5.91 Å². The van der Waals surface area contributed by atoms with Gasteiger partial charge in [-0.15, -0.1) is 0 Å². The number of nitrogens with one attached hydrogen (secondary N) is 3. The summed E-state index contributed by atoms with van der Waals surface area (Å²) < 4.78 is 28.2. The van der Waals surface area contributed by atoms with Crippen molar-refractivity contribution < 1.29 is 18.7 Å². The van der Waals surface area contributed by atoms with Crippen LogP contribution in [0.15, 0.2) is 59.5 Å². The van der Waals surface area contributed by atoms with Crippen molar-refractivity contribution in [3.8, 4) is 0 Å². The number of aliphatic hydroxyl groups excluding tert-OH is 1. The third kappa shape index (κ3) is 5.38. The second-order valence-electron chi connectivity index (χ2n) is 7.76. The van der Waals surface area contributed by atoms with E-state index in [-0.39, 0.29) is 30.3 Å². The zero-order chi connectivity index (χ0) is 24.2. The van der Waals surface area contributed by atoms with Crippen molar-refractivity contribution in [3.05, 3.63) is 87.8 Å². The van der Waals surface area contributed by atoms with Crippen LogP contribution in [0.1, 0.15) is 18.6 Å². The number of pyridine rings is 1. The Morgan fingerprint density at radius 2 is 1.66 bits per heavy atom. The van der Waals surface area contributed by atoms with Gasteiger partial charge < -0.3 is 25.2 Å². The molecule has 0 radical (unpaired) electrons. The highest BCUT2D eigenvalue weighted by atomic mass is 19.1. The molecule has 0 atom stereocenters. The van der Waals surface area contributed by atoms with E-state index in [1.54, 1.807) is 17.0 Å². The van der Waals surface area contributed by atoms with Crippen LogP contribution in [-0.4, -0.2) is 59.4 Å². The van der Waals surface area contributed by atoms with E-state index in [9.17, 15) is 18.4 Å². The van der Waals surface area contributed by atoms with E-state index in [0.29, 0.717) is 31.7 Å². The lowest BCUT2D eigenvalue weighted by atomic mass is 10.0. The second kappa shape index (κ2) is 10.9. The summed E-state index contributed by atoms with van der Waals surface area (Å²) in [5.74, 6) is -1.93. The number of carbonyl (C=O) groups excluding carboxylic acids is 1. The van der Waals surface area contributed by atoms with Gasteiger partial charge in [0.25, 0.3) is 5.56 Å². The fourth-order valence-corrected chi connectivity index (χ4v) is 3.88. The Hall–Kier alpha value is -4.05. The predicted octanol–water partition coefficient (Wildman–Crippen LogP) is 3.09. The van der Waals surface area contributed by atoms with Gasteiger partial charge in [-0.05, 0) is 30.3 Å². The fraction of sp³-hybridized carbons (Fsp3) is 0.240. The van der Waals surface area contributed by atoms with Gasteiger partial charge in [0, 0.05) is 43.6 Å². The molecule has 2 aromatic carbocycles. The molecule has 1 aliphatic heterocycles. The quantitative estimate of drug-likeness (QED) is 0.403. The zero-order valence-corrected chi connectivity index (χ0v) is 18.1. The molecule has 1 aliphatic rings. The van der Waals surface area contributed by atoms with Gasteiger partial charge in [-0.2, -0.15) is 0 Å². The molecule has 0 aliphatic carbocycles. The summed E-state index contributed by atoms with van der Waals surface area (Å²) in [5, 5.41) is 20.2. The Bertz CT molecular complexity index is 1250. The molecule has 0 unspecified atom stereocenters. The van der Waals surface area contributed by atoms with Crippen LogP contribution in [0.5, 0.6) is 0 Å².